The van der Waals surface area contributed by atoms with Gasteiger partial charge in [0.2, 0.25) is 5.91 Å². The first-order chi connectivity index (χ1) is 14.6. The molecule has 6 heteroatoms. The summed E-state index contributed by atoms with van der Waals surface area (Å²) < 4.78 is 13.7. The summed E-state index contributed by atoms with van der Waals surface area (Å²) in [5.74, 6) is -1.57. The summed E-state index contributed by atoms with van der Waals surface area (Å²) in [5.41, 5.74) is 2.17. The third kappa shape index (κ3) is 5.76. The summed E-state index contributed by atoms with van der Waals surface area (Å²) in [4.78, 5) is 25.7. The molecule has 3 rings (SSSR count). The minimum Gasteiger partial charge on any atom is -0.343 e. The normalized spacial score (nSPS) is 11.7. The first-order valence-electron chi connectivity index (χ1n) is 10.0. The van der Waals surface area contributed by atoms with Crippen molar-refractivity contribution in [3.05, 3.63) is 93.4 Å². The molecule has 4 nitrogen and oxygen atoms in total. The molecular formula is C24H25FN2O2S. The largest absolute Gasteiger partial charge is 0.343 e. The minimum absolute atomic E-state index is 0.0808. The Morgan fingerprint density at radius 2 is 1.80 bits per heavy atom. The van der Waals surface area contributed by atoms with E-state index in [-0.39, 0.29) is 24.1 Å². The van der Waals surface area contributed by atoms with Gasteiger partial charge in [-0.15, -0.1) is 11.3 Å². The summed E-state index contributed by atoms with van der Waals surface area (Å²) in [6, 6.07) is 17.6. The Hall–Kier alpha value is -2.99. The summed E-state index contributed by atoms with van der Waals surface area (Å²) in [6.07, 6.45) is 3.33. The lowest BCUT2D eigenvalue weighted by atomic mass is 10.0. The van der Waals surface area contributed by atoms with Crippen LogP contribution in [0.25, 0.3) is 0 Å². The van der Waals surface area contributed by atoms with Gasteiger partial charge in [0.15, 0.2) is 0 Å². The molecule has 0 aliphatic heterocycles. The van der Waals surface area contributed by atoms with Gasteiger partial charge in [-0.25, -0.2) is 4.39 Å². The zero-order valence-corrected chi connectivity index (χ0v) is 17.7. The van der Waals surface area contributed by atoms with Crippen molar-refractivity contribution in [3.8, 4) is 0 Å². The van der Waals surface area contributed by atoms with Crippen LogP contribution in [-0.2, 0) is 11.2 Å². The van der Waals surface area contributed by atoms with Gasteiger partial charge < -0.3 is 10.6 Å². The van der Waals surface area contributed by atoms with Crippen LogP contribution in [0.5, 0.6) is 0 Å². The highest BCUT2D eigenvalue weighted by atomic mass is 32.1. The molecule has 1 heterocycles. The average Bonchev–Trinajstić information content (AvgIpc) is 3.30. The fourth-order valence-electron chi connectivity index (χ4n) is 3.15. The molecule has 1 aromatic heterocycles. The van der Waals surface area contributed by atoms with E-state index in [0.717, 1.165) is 29.7 Å². The molecule has 0 aliphatic rings. The number of hydrogen-bond acceptors (Lipinski definition) is 3. The third-order valence-corrected chi connectivity index (χ3v) is 5.73. The van der Waals surface area contributed by atoms with Gasteiger partial charge in [0.05, 0.1) is 18.2 Å². The number of nitrogens with one attached hydrogen (secondary N) is 2. The van der Waals surface area contributed by atoms with E-state index in [2.05, 4.69) is 29.7 Å². The number of benzene rings is 2. The zero-order valence-electron chi connectivity index (χ0n) is 16.9. The first kappa shape index (κ1) is 21.7. The molecule has 0 fully saturated rings. The standard InChI is InChI=1S/C24H25FN2O2S/c1-2-3-7-17-11-13-18(14-12-17)23(21-10-6-15-30-21)27-22(28)16-26-24(29)19-8-4-5-9-20(19)25/h4-6,8-15,23H,2-3,7,16H2,1H3,(H,26,29)(H,27,28). The van der Waals surface area contributed by atoms with Crippen LogP contribution in [0.15, 0.2) is 66.0 Å². The van der Waals surface area contributed by atoms with Gasteiger partial charge in [-0.05, 0) is 47.5 Å². The van der Waals surface area contributed by atoms with E-state index in [1.54, 1.807) is 17.4 Å². The molecule has 1 atom stereocenters. The van der Waals surface area contributed by atoms with E-state index in [4.69, 9.17) is 0 Å². The molecule has 0 saturated carbocycles. The van der Waals surface area contributed by atoms with Crippen molar-refractivity contribution < 1.29 is 14.0 Å². The maximum Gasteiger partial charge on any atom is 0.254 e. The van der Waals surface area contributed by atoms with Gasteiger partial charge in [0, 0.05) is 4.88 Å². The van der Waals surface area contributed by atoms with Crippen molar-refractivity contribution in [2.75, 3.05) is 6.54 Å². The Morgan fingerprint density at radius 3 is 2.47 bits per heavy atom. The number of rotatable bonds is 9. The maximum absolute atomic E-state index is 13.7. The van der Waals surface area contributed by atoms with E-state index < -0.39 is 11.7 Å². The molecule has 0 spiro atoms. The summed E-state index contributed by atoms with van der Waals surface area (Å²) in [7, 11) is 0. The van der Waals surface area contributed by atoms with Crippen molar-refractivity contribution in [1.82, 2.24) is 10.6 Å². The Morgan fingerprint density at radius 1 is 1.03 bits per heavy atom. The number of amides is 2. The average molecular weight is 425 g/mol. The highest BCUT2D eigenvalue weighted by Gasteiger charge is 2.19. The fraction of sp³-hybridized carbons (Fsp3) is 0.250. The lowest BCUT2D eigenvalue weighted by Gasteiger charge is -2.19. The Kier molecular flexibility index (Phi) is 7.74. The number of aryl methyl sites for hydroxylation is 1. The van der Waals surface area contributed by atoms with Crippen LogP contribution in [-0.4, -0.2) is 18.4 Å². The number of carbonyl (C=O) groups is 2. The van der Waals surface area contributed by atoms with Gasteiger partial charge in [0.1, 0.15) is 5.82 Å². The van der Waals surface area contributed by atoms with Crippen LogP contribution in [0, 0.1) is 5.82 Å². The topological polar surface area (TPSA) is 58.2 Å². The molecule has 3 aromatic rings. The van der Waals surface area contributed by atoms with Gasteiger partial charge >= 0.3 is 0 Å². The molecule has 156 valence electrons. The zero-order chi connectivity index (χ0) is 21.3. The van der Waals surface area contributed by atoms with Crippen LogP contribution >= 0.6 is 11.3 Å². The van der Waals surface area contributed by atoms with E-state index >= 15 is 0 Å². The van der Waals surface area contributed by atoms with Gasteiger partial charge in [-0.1, -0.05) is 55.8 Å². The van der Waals surface area contributed by atoms with Crippen molar-refractivity contribution >= 4 is 23.2 Å². The lowest BCUT2D eigenvalue weighted by molar-refractivity contribution is -0.120. The van der Waals surface area contributed by atoms with Gasteiger partial charge in [-0.3, -0.25) is 9.59 Å². The highest BCUT2D eigenvalue weighted by molar-refractivity contribution is 7.10. The molecule has 30 heavy (non-hydrogen) atoms. The SMILES string of the molecule is CCCCc1ccc(C(NC(=O)CNC(=O)c2ccccc2F)c2cccs2)cc1. The molecule has 2 N–H and O–H groups in total. The fourth-order valence-corrected chi connectivity index (χ4v) is 3.95. The molecule has 0 bridgehead atoms. The number of thiophene rings is 1. The van der Waals surface area contributed by atoms with Gasteiger partial charge in [0.25, 0.3) is 5.91 Å². The van der Waals surface area contributed by atoms with Crippen molar-refractivity contribution in [2.45, 2.75) is 32.2 Å². The predicted molar refractivity (Wildman–Crippen MR) is 118 cm³/mol. The second-order valence-electron chi connectivity index (χ2n) is 7.02. The van der Waals surface area contributed by atoms with Crippen molar-refractivity contribution in [2.24, 2.45) is 0 Å². The summed E-state index contributed by atoms with van der Waals surface area (Å²) in [5, 5.41) is 7.43. The van der Waals surface area contributed by atoms with E-state index in [0.29, 0.717) is 0 Å². The molecule has 0 aliphatic carbocycles. The number of unbranched alkanes of at least 4 members (excludes halogenated alkanes) is 1. The highest BCUT2D eigenvalue weighted by Crippen LogP contribution is 2.26. The van der Waals surface area contributed by atoms with Gasteiger partial charge in [-0.2, -0.15) is 0 Å². The summed E-state index contributed by atoms with van der Waals surface area (Å²) in [6.45, 7) is 1.94. The molecule has 2 aromatic carbocycles. The quantitative estimate of drug-likeness (QED) is 0.515. The smallest absolute Gasteiger partial charge is 0.254 e. The summed E-state index contributed by atoms with van der Waals surface area (Å²) >= 11 is 1.56. The molecular weight excluding hydrogens is 399 g/mol. The van der Waals surface area contributed by atoms with Crippen LogP contribution < -0.4 is 10.6 Å². The minimum atomic E-state index is -0.616. The van der Waals surface area contributed by atoms with E-state index in [1.165, 1.54) is 23.8 Å². The Bertz CT molecular complexity index is 971. The van der Waals surface area contributed by atoms with Crippen LogP contribution in [0.1, 0.15) is 52.2 Å². The number of carbonyl (C=O) groups excluding carboxylic acids is 2. The molecule has 2 amide bonds. The molecule has 0 saturated heterocycles. The van der Waals surface area contributed by atoms with Crippen molar-refractivity contribution in [1.29, 1.82) is 0 Å². The Labute approximate surface area is 180 Å². The van der Waals surface area contributed by atoms with E-state index in [1.807, 2.05) is 29.6 Å². The number of halogens is 1. The van der Waals surface area contributed by atoms with Crippen LogP contribution in [0.4, 0.5) is 4.39 Å². The van der Waals surface area contributed by atoms with Crippen molar-refractivity contribution in [3.63, 3.8) is 0 Å². The maximum atomic E-state index is 13.7. The second-order valence-corrected chi connectivity index (χ2v) is 8.00. The predicted octanol–water partition coefficient (Wildman–Crippen LogP) is 4.87. The monoisotopic (exact) mass is 424 g/mol. The molecule has 0 radical (unpaired) electrons. The van der Waals surface area contributed by atoms with E-state index in [9.17, 15) is 14.0 Å². The third-order valence-electron chi connectivity index (χ3n) is 4.79. The first-order valence-corrected chi connectivity index (χ1v) is 10.9. The number of hydrogen-bond donors (Lipinski definition) is 2. The Balaban J connectivity index is 1.66. The van der Waals surface area contributed by atoms with Crippen LogP contribution in [0.3, 0.4) is 0 Å². The second kappa shape index (κ2) is 10.7. The molecule has 1 unspecified atom stereocenters. The van der Waals surface area contributed by atoms with Crippen LogP contribution in [0.2, 0.25) is 0 Å². The lowest BCUT2D eigenvalue weighted by Crippen LogP contribution is -2.39.